The average Bonchev–Trinajstić information content (AvgIpc) is 1.95. The molecule has 0 spiro atoms. The van der Waals surface area contributed by atoms with Crippen LogP contribution >= 0.6 is 22.6 Å². The Kier molecular flexibility index (Phi) is 2.65. The van der Waals surface area contributed by atoms with Crippen LogP contribution < -0.4 is 0 Å². The summed E-state index contributed by atoms with van der Waals surface area (Å²) in [4.78, 5) is 11.1. The molecule has 1 rings (SSSR count). The van der Waals surface area contributed by atoms with Crippen LogP contribution in [0.25, 0.3) is 0 Å². The van der Waals surface area contributed by atoms with Gasteiger partial charge in [-0.25, -0.2) is 0 Å². The van der Waals surface area contributed by atoms with Gasteiger partial charge < -0.3 is 0 Å². The molecule has 0 fully saturated rings. The Bertz CT molecular complexity index is 203. The fraction of sp³-hybridized carbons (Fsp3) is 0.375. The van der Waals surface area contributed by atoms with Gasteiger partial charge in [0.05, 0.1) is 3.58 Å². The van der Waals surface area contributed by atoms with Gasteiger partial charge in [0.15, 0.2) is 5.78 Å². The summed E-state index contributed by atoms with van der Waals surface area (Å²) in [6.07, 6.45) is 4.52. The maximum atomic E-state index is 11.1. The first-order valence-electron chi connectivity index (χ1n) is 3.30. The molecule has 1 nitrogen and oxygen atoms in total. The second-order valence-electron chi connectivity index (χ2n) is 2.32. The number of carbonyl (C=O) groups is 1. The van der Waals surface area contributed by atoms with Crippen LogP contribution in [0, 0.1) is 0 Å². The Balaban J connectivity index is 2.92. The molecule has 0 aliphatic heterocycles. The predicted octanol–water partition coefficient (Wildman–Crippen LogP) is 2.61. The van der Waals surface area contributed by atoms with Crippen molar-refractivity contribution in [2.45, 2.75) is 19.3 Å². The summed E-state index contributed by atoms with van der Waals surface area (Å²) in [6.45, 7) is 3.65. The van der Waals surface area contributed by atoms with Gasteiger partial charge in [-0.15, -0.1) is 0 Å². The van der Waals surface area contributed by atoms with Gasteiger partial charge in [0.2, 0.25) is 0 Å². The largest absolute Gasteiger partial charge is 0.294 e. The topological polar surface area (TPSA) is 17.1 Å². The van der Waals surface area contributed by atoms with Crippen molar-refractivity contribution < 1.29 is 4.79 Å². The zero-order valence-electron chi connectivity index (χ0n) is 5.69. The van der Waals surface area contributed by atoms with Crippen molar-refractivity contribution >= 4 is 28.4 Å². The Morgan fingerprint density at radius 3 is 2.70 bits per heavy atom. The van der Waals surface area contributed by atoms with Crippen molar-refractivity contribution in [1.82, 2.24) is 0 Å². The molecule has 1 aliphatic carbocycles. The van der Waals surface area contributed by atoms with E-state index in [0.717, 1.165) is 28.4 Å². The van der Waals surface area contributed by atoms with Gasteiger partial charge in [0.1, 0.15) is 0 Å². The third-order valence-electron chi connectivity index (χ3n) is 1.62. The van der Waals surface area contributed by atoms with Gasteiger partial charge in [-0.3, -0.25) is 4.79 Å². The van der Waals surface area contributed by atoms with Crippen molar-refractivity contribution in [2.24, 2.45) is 0 Å². The van der Waals surface area contributed by atoms with Crippen LogP contribution in [-0.4, -0.2) is 5.78 Å². The van der Waals surface area contributed by atoms with Gasteiger partial charge in [-0.05, 0) is 41.0 Å². The molecule has 54 valence electrons. The minimum atomic E-state index is 0.279. The van der Waals surface area contributed by atoms with E-state index < -0.39 is 0 Å². The third kappa shape index (κ3) is 1.48. The van der Waals surface area contributed by atoms with Crippen molar-refractivity contribution in [3.05, 3.63) is 21.8 Å². The van der Waals surface area contributed by atoms with Crippen LogP contribution in [0.1, 0.15) is 19.3 Å². The van der Waals surface area contributed by atoms with E-state index in [1.807, 2.05) is 0 Å². The summed E-state index contributed by atoms with van der Waals surface area (Å²) < 4.78 is 0.888. The number of hydrogen-bond donors (Lipinski definition) is 0. The van der Waals surface area contributed by atoms with E-state index in [0.29, 0.717) is 0 Å². The highest BCUT2D eigenvalue weighted by molar-refractivity contribution is 14.1. The summed E-state index contributed by atoms with van der Waals surface area (Å²) in [5.74, 6) is 0.279. The second kappa shape index (κ2) is 3.32. The quantitative estimate of drug-likeness (QED) is 0.652. The van der Waals surface area contributed by atoms with E-state index in [4.69, 9.17) is 0 Å². The van der Waals surface area contributed by atoms with E-state index in [9.17, 15) is 4.79 Å². The number of Topliss-reactive ketones (excluding diaryl/α,β-unsaturated/α-hetero) is 1. The van der Waals surface area contributed by atoms with Crippen molar-refractivity contribution in [3.8, 4) is 0 Å². The van der Waals surface area contributed by atoms with Crippen LogP contribution in [0.15, 0.2) is 21.8 Å². The highest BCUT2D eigenvalue weighted by Gasteiger charge is 2.15. The molecule has 0 unspecified atom stereocenters. The predicted molar refractivity (Wildman–Crippen MR) is 50.1 cm³/mol. The molecule has 0 amide bonds. The summed E-state index contributed by atoms with van der Waals surface area (Å²) in [5, 5.41) is 0. The van der Waals surface area contributed by atoms with Crippen LogP contribution in [0.2, 0.25) is 0 Å². The molecule has 10 heavy (non-hydrogen) atoms. The van der Waals surface area contributed by atoms with Crippen molar-refractivity contribution in [3.63, 3.8) is 0 Å². The molecule has 0 aromatic heterocycles. The summed E-state index contributed by atoms with van der Waals surface area (Å²) in [7, 11) is 0. The number of carbonyl (C=O) groups excluding carboxylic acids is 1. The minimum absolute atomic E-state index is 0.279. The van der Waals surface area contributed by atoms with Gasteiger partial charge >= 0.3 is 0 Å². The summed E-state index contributed by atoms with van der Waals surface area (Å²) in [5.41, 5.74) is 1.12. The van der Waals surface area contributed by atoms with E-state index in [-0.39, 0.29) is 5.78 Å². The SMILES string of the molecule is C=CC1=C(I)C(=O)CCC1. The molecule has 1 aliphatic rings. The van der Waals surface area contributed by atoms with Crippen LogP contribution in [0.5, 0.6) is 0 Å². The standard InChI is InChI=1S/C8H9IO/c1-2-6-4-3-5-7(10)8(6)9/h2H,1,3-5H2. The smallest absolute Gasteiger partial charge is 0.169 e. The molecule has 0 saturated heterocycles. The van der Waals surface area contributed by atoms with E-state index in [1.165, 1.54) is 0 Å². The third-order valence-corrected chi connectivity index (χ3v) is 2.92. The maximum Gasteiger partial charge on any atom is 0.169 e. The molecular formula is C8H9IO. The first kappa shape index (κ1) is 7.98. The molecule has 0 radical (unpaired) electrons. The van der Waals surface area contributed by atoms with Gasteiger partial charge in [0.25, 0.3) is 0 Å². The highest BCUT2D eigenvalue weighted by Crippen LogP contribution is 2.26. The lowest BCUT2D eigenvalue weighted by molar-refractivity contribution is -0.115. The molecule has 0 heterocycles. The lowest BCUT2D eigenvalue weighted by atomic mass is 9.99. The highest BCUT2D eigenvalue weighted by atomic mass is 127. The monoisotopic (exact) mass is 248 g/mol. The van der Waals surface area contributed by atoms with E-state index >= 15 is 0 Å². The summed E-state index contributed by atoms with van der Waals surface area (Å²) >= 11 is 2.10. The fourth-order valence-electron chi connectivity index (χ4n) is 1.03. The number of rotatable bonds is 1. The zero-order chi connectivity index (χ0) is 7.56. The number of hydrogen-bond acceptors (Lipinski definition) is 1. The molecule has 0 aromatic carbocycles. The molecule has 0 aromatic rings. The first-order valence-corrected chi connectivity index (χ1v) is 4.38. The lowest BCUT2D eigenvalue weighted by Gasteiger charge is -2.11. The van der Waals surface area contributed by atoms with Crippen LogP contribution in [-0.2, 0) is 4.79 Å². The average molecular weight is 248 g/mol. The molecule has 0 bridgehead atoms. The molecule has 0 saturated carbocycles. The Hall–Kier alpha value is -0.120. The minimum Gasteiger partial charge on any atom is -0.294 e. The van der Waals surface area contributed by atoms with Gasteiger partial charge in [-0.2, -0.15) is 0 Å². The van der Waals surface area contributed by atoms with E-state index in [1.54, 1.807) is 6.08 Å². The van der Waals surface area contributed by atoms with Crippen molar-refractivity contribution in [1.29, 1.82) is 0 Å². The molecular weight excluding hydrogens is 239 g/mol. The Morgan fingerprint density at radius 2 is 2.20 bits per heavy atom. The molecule has 0 N–H and O–H groups in total. The second-order valence-corrected chi connectivity index (χ2v) is 3.40. The fourth-order valence-corrected chi connectivity index (χ4v) is 1.79. The van der Waals surface area contributed by atoms with Crippen LogP contribution in [0.4, 0.5) is 0 Å². The Morgan fingerprint density at radius 1 is 1.50 bits per heavy atom. The van der Waals surface area contributed by atoms with Crippen molar-refractivity contribution in [2.75, 3.05) is 0 Å². The maximum absolute atomic E-state index is 11.1. The van der Waals surface area contributed by atoms with Crippen LogP contribution in [0.3, 0.4) is 0 Å². The molecule has 0 atom stereocenters. The van der Waals surface area contributed by atoms with Gasteiger partial charge in [-0.1, -0.05) is 12.7 Å². The normalized spacial score (nSPS) is 19.5. The first-order chi connectivity index (χ1) is 4.75. The number of allylic oxidation sites excluding steroid dienone is 3. The molecule has 2 heteroatoms. The number of halogens is 1. The Labute approximate surface area is 74.3 Å². The van der Waals surface area contributed by atoms with E-state index in [2.05, 4.69) is 29.2 Å². The van der Waals surface area contributed by atoms with Gasteiger partial charge in [0, 0.05) is 6.42 Å². The lowest BCUT2D eigenvalue weighted by Crippen LogP contribution is -2.05. The summed E-state index contributed by atoms with van der Waals surface area (Å²) in [6, 6.07) is 0. The zero-order valence-corrected chi connectivity index (χ0v) is 7.85. The number of ketones is 1.